The summed E-state index contributed by atoms with van der Waals surface area (Å²) in [5, 5.41) is 12.1. The first-order valence-corrected chi connectivity index (χ1v) is 6.31. The van der Waals surface area contributed by atoms with Crippen molar-refractivity contribution in [2.75, 3.05) is 18.5 Å². The van der Waals surface area contributed by atoms with Crippen LogP contribution in [0.1, 0.15) is 36.0 Å². The molecule has 0 aliphatic carbocycles. The van der Waals surface area contributed by atoms with E-state index in [0.29, 0.717) is 18.5 Å². The molecule has 0 amide bonds. The van der Waals surface area contributed by atoms with Crippen molar-refractivity contribution in [2.45, 2.75) is 31.8 Å². The molecule has 2 heterocycles. The number of aromatic nitrogens is 1. The van der Waals surface area contributed by atoms with Crippen molar-refractivity contribution in [3.63, 3.8) is 0 Å². The number of hydrogen-bond donors (Lipinski definition) is 2. The van der Waals surface area contributed by atoms with Gasteiger partial charge in [-0.05, 0) is 37.8 Å². The van der Waals surface area contributed by atoms with Crippen LogP contribution in [0.3, 0.4) is 0 Å². The Bertz CT molecular complexity index is 403. The van der Waals surface area contributed by atoms with Crippen molar-refractivity contribution in [2.24, 2.45) is 0 Å². The minimum Gasteiger partial charge on any atom is -0.478 e. The number of carboxylic acids is 1. The first-order chi connectivity index (χ1) is 8.77. The minimum absolute atomic E-state index is 0.210. The Hall–Kier alpha value is -1.62. The second-order valence-corrected chi connectivity index (χ2v) is 4.41. The molecule has 5 heteroatoms. The summed E-state index contributed by atoms with van der Waals surface area (Å²) in [6.07, 6.45) is 6.22. The molecule has 1 atom stereocenters. The monoisotopic (exact) mass is 250 g/mol. The van der Waals surface area contributed by atoms with Crippen LogP contribution in [0.25, 0.3) is 0 Å². The fourth-order valence-electron chi connectivity index (χ4n) is 2.11. The molecule has 0 aromatic carbocycles. The molecule has 2 N–H and O–H groups in total. The van der Waals surface area contributed by atoms with E-state index >= 15 is 0 Å². The van der Waals surface area contributed by atoms with Gasteiger partial charge in [-0.25, -0.2) is 9.78 Å². The third-order valence-corrected chi connectivity index (χ3v) is 3.07. The topological polar surface area (TPSA) is 71.5 Å². The van der Waals surface area contributed by atoms with Gasteiger partial charge in [0, 0.05) is 19.3 Å². The van der Waals surface area contributed by atoms with Crippen LogP contribution in [0.2, 0.25) is 0 Å². The van der Waals surface area contributed by atoms with E-state index in [4.69, 9.17) is 9.84 Å². The highest BCUT2D eigenvalue weighted by molar-refractivity contribution is 5.92. The molecule has 1 fully saturated rings. The molecule has 1 aliphatic rings. The number of nitrogens with zero attached hydrogens (tertiary/aromatic N) is 1. The van der Waals surface area contributed by atoms with Crippen LogP contribution in [0.5, 0.6) is 0 Å². The molecule has 1 aliphatic heterocycles. The van der Waals surface area contributed by atoms with Crippen LogP contribution in [-0.2, 0) is 4.74 Å². The van der Waals surface area contributed by atoms with Crippen molar-refractivity contribution >= 4 is 11.8 Å². The number of aromatic carboxylic acids is 1. The number of pyridine rings is 1. The highest BCUT2D eigenvalue weighted by atomic mass is 16.5. The fourth-order valence-corrected chi connectivity index (χ4v) is 2.11. The predicted molar refractivity (Wildman–Crippen MR) is 67.9 cm³/mol. The first kappa shape index (κ1) is 12.8. The molecule has 0 bridgehead atoms. The van der Waals surface area contributed by atoms with Crippen molar-refractivity contribution in [3.8, 4) is 0 Å². The van der Waals surface area contributed by atoms with Gasteiger partial charge in [-0.3, -0.25) is 0 Å². The molecular formula is C13H18N2O3. The van der Waals surface area contributed by atoms with Gasteiger partial charge >= 0.3 is 5.97 Å². The summed E-state index contributed by atoms with van der Waals surface area (Å²) in [6, 6.07) is 3.17. The molecular weight excluding hydrogens is 232 g/mol. The summed E-state index contributed by atoms with van der Waals surface area (Å²) in [5.74, 6) is -0.527. The average Bonchev–Trinajstić information content (AvgIpc) is 2.40. The summed E-state index contributed by atoms with van der Waals surface area (Å²) >= 11 is 0. The molecule has 18 heavy (non-hydrogen) atoms. The summed E-state index contributed by atoms with van der Waals surface area (Å²) in [5.41, 5.74) is 0.210. The normalized spacial score (nSPS) is 19.4. The lowest BCUT2D eigenvalue weighted by Crippen LogP contribution is -2.22. The Morgan fingerprint density at radius 2 is 2.44 bits per heavy atom. The van der Waals surface area contributed by atoms with Gasteiger partial charge in [-0.15, -0.1) is 0 Å². The van der Waals surface area contributed by atoms with Crippen molar-refractivity contribution in [1.82, 2.24) is 4.98 Å². The van der Waals surface area contributed by atoms with E-state index in [1.165, 1.54) is 6.42 Å². The largest absolute Gasteiger partial charge is 0.478 e. The van der Waals surface area contributed by atoms with Crippen LogP contribution in [0.15, 0.2) is 18.3 Å². The Balaban J connectivity index is 1.84. The molecule has 98 valence electrons. The third-order valence-electron chi connectivity index (χ3n) is 3.07. The van der Waals surface area contributed by atoms with Crippen LogP contribution in [0.4, 0.5) is 5.82 Å². The van der Waals surface area contributed by atoms with E-state index in [-0.39, 0.29) is 5.56 Å². The molecule has 1 aromatic heterocycles. The van der Waals surface area contributed by atoms with E-state index in [0.717, 1.165) is 25.9 Å². The van der Waals surface area contributed by atoms with Crippen molar-refractivity contribution in [3.05, 3.63) is 23.9 Å². The highest BCUT2D eigenvalue weighted by Gasteiger charge is 2.14. The number of hydrogen-bond acceptors (Lipinski definition) is 4. The van der Waals surface area contributed by atoms with E-state index < -0.39 is 5.97 Å². The van der Waals surface area contributed by atoms with Crippen LogP contribution in [0, 0.1) is 0 Å². The zero-order valence-corrected chi connectivity index (χ0v) is 10.3. The van der Waals surface area contributed by atoms with Crippen LogP contribution < -0.4 is 5.32 Å². The van der Waals surface area contributed by atoms with Gasteiger partial charge in [0.1, 0.15) is 11.4 Å². The maximum absolute atomic E-state index is 11.0. The van der Waals surface area contributed by atoms with E-state index in [1.54, 1.807) is 18.3 Å². The Kier molecular flexibility index (Phi) is 4.52. The molecule has 1 saturated heterocycles. The molecule has 0 spiro atoms. The number of rotatable bonds is 5. The Labute approximate surface area is 106 Å². The van der Waals surface area contributed by atoms with Crippen LogP contribution in [-0.4, -0.2) is 35.3 Å². The second kappa shape index (κ2) is 6.35. The Morgan fingerprint density at radius 1 is 1.56 bits per heavy atom. The minimum atomic E-state index is -0.959. The first-order valence-electron chi connectivity index (χ1n) is 6.31. The average molecular weight is 250 g/mol. The summed E-state index contributed by atoms with van der Waals surface area (Å²) in [6.45, 7) is 1.52. The SMILES string of the molecule is O=C(O)c1cccnc1NCCC1CCCCO1. The number of ether oxygens (including phenoxy) is 1. The number of nitrogens with one attached hydrogen (secondary N) is 1. The summed E-state index contributed by atoms with van der Waals surface area (Å²) in [7, 11) is 0. The fraction of sp³-hybridized carbons (Fsp3) is 0.538. The molecule has 5 nitrogen and oxygen atoms in total. The number of anilines is 1. The Morgan fingerprint density at radius 3 is 3.17 bits per heavy atom. The maximum atomic E-state index is 11.0. The van der Waals surface area contributed by atoms with Crippen molar-refractivity contribution in [1.29, 1.82) is 0 Å². The molecule has 1 unspecified atom stereocenters. The van der Waals surface area contributed by atoms with Gasteiger partial charge in [0.05, 0.1) is 6.10 Å². The quantitative estimate of drug-likeness (QED) is 0.837. The predicted octanol–water partition coefficient (Wildman–Crippen LogP) is 2.15. The van der Waals surface area contributed by atoms with Gasteiger partial charge < -0.3 is 15.2 Å². The van der Waals surface area contributed by atoms with Gasteiger partial charge in [-0.1, -0.05) is 0 Å². The van der Waals surface area contributed by atoms with E-state index in [2.05, 4.69) is 10.3 Å². The molecule has 2 rings (SSSR count). The zero-order valence-electron chi connectivity index (χ0n) is 10.3. The van der Waals surface area contributed by atoms with E-state index in [9.17, 15) is 4.79 Å². The van der Waals surface area contributed by atoms with Gasteiger partial charge in [-0.2, -0.15) is 0 Å². The number of carbonyl (C=O) groups is 1. The standard InChI is InChI=1S/C13H18N2O3/c16-13(17)11-5-3-7-14-12(11)15-8-6-10-4-1-2-9-18-10/h3,5,7,10H,1-2,4,6,8-9H2,(H,14,15)(H,16,17). The third kappa shape index (κ3) is 3.43. The van der Waals surface area contributed by atoms with Gasteiger partial charge in [0.15, 0.2) is 0 Å². The van der Waals surface area contributed by atoms with Gasteiger partial charge in [0.25, 0.3) is 0 Å². The molecule has 0 saturated carbocycles. The summed E-state index contributed by atoms with van der Waals surface area (Å²) in [4.78, 5) is 15.0. The number of carboxylic acid groups (broad SMARTS) is 1. The summed E-state index contributed by atoms with van der Waals surface area (Å²) < 4.78 is 5.62. The van der Waals surface area contributed by atoms with E-state index in [1.807, 2.05) is 0 Å². The van der Waals surface area contributed by atoms with Crippen LogP contribution >= 0.6 is 0 Å². The van der Waals surface area contributed by atoms with Gasteiger partial charge in [0.2, 0.25) is 0 Å². The lowest BCUT2D eigenvalue weighted by Gasteiger charge is -2.22. The lowest BCUT2D eigenvalue weighted by molar-refractivity contribution is 0.0134. The molecule has 0 radical (unpaired) electrons. The highest BCUT2D eigenvalue weighted by Crippen LogP contribution is 2.16. The smallest absolute Gasteiger partial charge is 0.339 e. The molecule has 1 aromatic rings. The zero-order chi connectivity index (χ0) is 12.8. The van der Waals surface area contributed by atoms with Crippen molar-refractivity contribution < 1.29 is 14.6 Å². The lowest BCUT2D eigenvalue weighted by atomic mass is 10.1. The maximum Gasteiger partial charge on any atom is 0.339 e. The second-order valence-electron chi connectivity index (χ2n) is 4.41.